The van der Waals surface area contributed by atoms with Gasteiger partial charge in [0.1, 0.15) is 0 Å². The Morgan fingerprint density at radius 2 is 1.97 bits per heavy atom. The summed E-state index contributed by atoms with van der Waals surface area (Å²) in [6.45, 7) is 10.2. The quantitative estimate of drug-likeness (QED) is 0.494. The van der Waals surface area contributed by atoms with Gasteiger partial charge in [-0.2, -0.15) is 0 Å². The number of carboxylic acid groups (broad SMARTS) is 1. The molecule has 0 radical (unpaired) electrons. The van der Waals surface area contributed by atoms with Gasteiger partial charge in [0.2, 0.25) is 5.82 Å². The molecule has 2 atom stereocenters. The Morgan fingerprint density at radius 3 is 2.59 bits per heavy atom. The van der Waals surface area contributed by atoms with Gasteiger partial charge in [0.05, 0.1) is 34.4 Å². The molecule has 1 aromatic carbocycles. The number of H-pyrrole nitrogens is 2. The summed E-state index contributed by atoms with van der Waals surface area (Å²) in [6, 6.07) is 11.8. The number of aromatic amines is 2. The molecule has 3 aromatic rings. The number of rotatable bonds is 7. The summed E-state index contributed by atoms with van der Waals surface area (Å²) in [5, 5.41) is 14.1. The van der Waals surface area contributed by atoms with Crippen molar-refractivity contribution in [2.45, 2.75) is 59.9 Å². The van der Waals surface area contributed by atoms with Crippen molar-refractivity contribution in [3.05, 3.63) is 73.2 Å². The van der Waals surface area contributed by atoms with Crippen LogP contribution in [-0.4, -0.2) is 23.4 Å². The number of nitrogens with one attached hydrogen (secondary N) is 3. The fraction of sp³-hybridized carbons (Fsp3) is 0.429. The van der Waals surface area contributed by atoms with Crippen molar-refractivity contribution in [2.75, 3.05) is 16.8 Å². The predicted octanol–water partition coefficient (Wildman–Crippen LogP) is 3.28. The molecule has 3 N–H and O–H groups in total. The number of hydrogen-bond acceptors (Lipinski definition) is 6. The predicted molar refractivity (Wildman–Crippen MR) is 143 cm³/mol. The number of carbonyl (C=O) groups is 2. The van der Waals surface area contributed by atoms with Gasteiger partial charge in [-0.1, -0.05) is 51.1 Å². The van der Waals surface area contributed by atoms with E-state index in [1.165, 1.54) is 11.3 Å². The first-order chi connectivity index (χ1) is 17.4. The van der Waals surface area contributed by atoms with Crippen molar-refractivity contribution in [3.63, 3.8) is 0 Å². The topological polar surface area (TPSA) is 119 Å². The second-order valence-corrected chi connectivity index (χ2v) is 12.0. The number of benzene rings is 1. The van der Waals surface area contributed by atoms with E-state index in [2.05, 4.69) is 39.2 Å². The van der Waals surface area contributed by atoms with Gasteiger partial charge in [0, 0.05) is 4.88 Å². The highest BCUT2D eigenvalue weighted by Crippen LogP contribution is 2.34. The van der Waals surface area contributed by atoms with E-state index in [9.17, 15) is 19.5 Å². The number of nitrogens with zero attached hydrogens (tertiary/aromatic N) is 1. The van der Waals surface area contributed by atoms with Gasteiger partial charge in [-0.3, -0.25) is 9.59 Å². The van der Waals surface area contributed by atoms with Crippen LogP contribution in [0.2, 0.25) is 0 Å². The smallest absolute Gasteiger partial charge is 0.321 e. The van der Waals surface area contributed by atoms with Gasteiger partial charge in [0.15, 0.2) is 0 Å². The van der Waals surface area contributed by atoms with Crippen LogP contribution >= 0.6 is 11.3 Å². The van der Waals surface area contributed by atoms with Gasteiger partial charge in [-0.15, -0.1) is 11.3 Å². The minimum absolute atomic E-state index is 0.0138. The average molecular weight is 523 g/mol. The van der Waals surface area contributed by atoms with Gasteiger partial charge >= 0.3 is 11.5 Å². The molecule has 0 saturated carbocycles. The number of hydrogen-bond donors (Lipinski definition) is 2. The van der Waals surface area contributed by atoms with Crippen molar-refractivity contribution >= 4 is 35.0 Å². The third-order valence-corrected chi connectivity index (χ3v) is 8.22. The molecule has 0 saturated heterocycles. The van der Waals surface area contributed by atoms with E-state index in [0.717, 1.165) is 28.8 Å². The molecular formula is C28H34N4O4S. The van der Waals surface area contributed by atoms with Gasteiger partial charge in [-0.05, 0) is 56.2 Å². The van der Waals surface area contributed by atoms with Crippen LogP contribution in [0, 0.1) is 18.3 Å². The van der Waals surface area contributed by atoms with E-state index in [1.807, 2.05) is 45.9 Å². The van der Waals surface area contributed by atoms with Crippen molar-refractivity contribution in [1.82, 2.24) is 4.98 Å². The maximum atomic E-state index is 13.2. The van der Waals surface area contributed by atoms with Crippen LogP contribution in [0.25, 0.3) is 0 Å². The maximum Gasteiger partial charge on any atom is 0.321 e. The van der Waals surface area contributed by atoms with Crippen LogP contribution in [0.15, 0.2) is 41.2 Å². The highest BCUT2D eigenvalue weighted by Gasteiger charge is 2.35. The minimum atomic E-state index is -1.15. The summed E-state index contributed by atoms with van der Waals surface area (Å²) in [7, 11) is 0. The first kappa shape index (κ1) is 26.6. The Labute approximate surface area is 220 Å². The molecule has 1 aliphatic heterocycles. The molecule has 37 heavy (non-hydrogen) atoms. The monoisotopic (exact) mass is 522 g/mol. The van der Waals surface area contributed by atoms with E-state index in [1.54, 1.807) is 6.07 Å². The standard InChI is InChI=1S/C28H34N4O4S/c1-16-13-22(25(34)35)37-21(16)12-11-18-14-20-23(32(15-18)17(2)19-9-7-6-8-10-19)29-27(30-24(20)33)31-26(36)28(3,4)5/h6-10,13,17-18H,11-12,14-15H2,1-5H3,(H,34,35)(H2,29,30,31,33,36)/t17-,18+/m1/s1. The number of aromatic nitrogens is 2. The van der Waals surface area contributed by atoms with Crippen LogP contribution in [0.5, 0.6) is 0 Å². The lowest BCUT2D eigenvalue weighted by Gasteiger charge is -2.36. The zero-order valence-corrected chi connectivity index (χ0v) is 22.8. The van der Waals surface area contributed by atoms with E-state index < -0.39 is 11.4 Å². The molecular weight excluding hydrogens is 488 g/mol. The minimum Gasteiger partial charge on any atom is -0.544 e. The molecule has 3 heterocycles. The van der Waals surface area contributed by atoms with Gasteiger partial charge < -0.3 is 14.8 Å². The number of anilines is 2. The van der Waals surface area contributed by atoms with Crippen LogP contribution in [0.1, 0.15) is 71.4 Å². The zero-order chi connectivity index (χ0) is 26.9. The van der Waals surface area contributed by atoms with Crippen LogP contribution in [-0.2, 0) is 17.6 Å². The molecule has 0 aliphatic carbocycles. The highest BCUT2D eigenvalue weighted by molar-refractivity contribution is 7.14. The molecule has 9 heteroatoms. The molecule has 0 unspecified atom stereocenters. The summed E-state index contributed by atoms with van der Waals surface area (Å²) in [4.78, 5) is 46.7. The molecule has 196 valence electrons. The lowest BCUT2D eigenvalue weighted by Crippen LogP contribution is -2.45. The average Bonchev–Trinajstić information content (AvgIpc) is 3.23. The van der Waals surface area contributed by atoms with Crippen molar-refractivity contribution in [1.29, 1.82) is 0 Å². The van der Waals surface area contributed by atoms with Gasteiger partial charge in [0.25, 0.3) is 5.91 Å². The van der Waals surface area contributed by atoms with Crippen LogP contribution in [0.4, 0.5) is 11.8 Å². The molecule has 1 amide bonds. The highest BCUT2D eigenvalue weighted by atomic mass is 32.1. The van der Waals surface area contributed by atoms with Crippen molar-refractivity contribution < 1.29 is 19.7 Å². The lowest BCUT2D eigenvalue weighted by molar-refractivity contribution is -0.353. The largest absolute Gasteiger partial charge is 0.544 e. The molecule has 0 fully saturated rings. The summed E-state index contributed by atoms with van der Waals surface area (Å²) in [5.41, 5.74) is 1.90. The van der Waals surface area contributed by atoms with Gasteiger partial charge in [-0.25, -0.2) is 15.3 Å². The first-order valence-corrected chi connectivity index (χ1v) is 13.4. The summed E-state index contributed by atoms with van der Waals surface area (Å²) in [5.74, 6) is -0.164. The molecule has 1 aliphatic rings. The number of aromatic carboxylic acids is 1. The fourth-order valence-corrected chi connectivity index (χ4v) is 5.73. The zero-order valence-electron chi connectivity index (χ0n) is 21.9. The number of thiophene rings is 1. The number of carbonyl (C=O) groups excluding carboxylic acids is 2. The molecule has 4 rings (SSSR count). The summed E-state index contributed by atoms with van der Waals surface area (Å²) < 4.78 is 0. The Balaban J connectivity index is 1.65. The number of carboxylic acids is 1. The molecule has 0 spiro atoms. The van der Waals surface area contributed by atoms with Crippen molar-refractivity contribution in [2.24, 2.45) is 11.3 Å². The van der Waals surface area contributed by atoms with E-state index in [-0.39, 0.29) is 34.3 Å². The number of aryl methyl sites for hydroxylation is 2. The van der Waals surface area contributed by atoms with E-state index in [4.69, 9.17) is 0 Å². The SMILES string of the molecule is Cc1cc(C(=O)[O-])sc1CC[C@H]1Cc2c([nH+]c(NC(=O)C(C)(C)C)[nH]c2=O)N([C@H](C)c2ccccc2)C1. The third-order valence-electron chi connectivity index (χ3n) is 6.95. The Hall–Kier alpha value is -3.46. The molecule has 0 bridgehead atoms. The Morgan fingerprint density at radius 1 is 1.27 bits per heavy atom. The lowest BCUT2D eigenvalue weighted by atomic mass is 9.89. The fourth-order valence-electron chi connectivity index (χ4n) is 4.70. The summed E-state index contributed by atoms with van der Waals surface area (Å²) >= 11 is 1.27. The third kappa shape index (κ3) is 5.93. The van der Waals surface area contributed by atoms with Crippen LogP contribution in [0.3, 0.4) is 0 Å². The maximum absolute atomic E-state index is 13.2. The van der Waals surface area contributed by atoms with Crippen molar-refractivity contribution in [3.8, 4) is 0 Å². The second-order valence-electron chi connectivity index (χ2n) is 10.8. The Kier molecular flexibility index (Phi) is 7.54. The van der Waals surface area contributed by atoms with Crippen LogP contribution < -0.4 is 25.9 Å². The second kappa shape index (κ2) is 10.5. The number of fused-ring (bicyclic) bond motifs is 1. The number of amides is 1. The summed E-state index contributed by atoms with van der Waals surface area (Å²) in [6.07, 6.45) is 2.14. The normalized spacial score (nSPS) is 16.2. The Bertz CT molecular complexity index is 1360. The molecule has 2 aromatic heterocycles. The van der Waals surface area contributed by atoms with E-state index >= 15 is 0 Å². The van der Waals surface area contributed by atoms with E-state index in [0.29, 0.717) is 24.3 Å². The molecule has 8 nitrogen and oxygen atoms in total. The first-order valence-electron chi connectivity index (χ1n) is 12.6.